The first kappa shape index (κ1) is 14.9. The zero-order valence-electron chi connectivity index (χ0n) is 11.9. The molecule has 0 unspecified atom stereocenters. The number of hydrogen-bond donors (Lipinski definition) is 0. The molecule has 0 spiro atoms. The Morgan fingerprint density at radius 2 is 1.90 bits per heavy atom. The largest absolute Gasteiger partial charge is 0.442 e. The van der Waals surface area contributed by atoms with Crippen LogP contribution >= 0.6 is 0 Å². The Labute approximate surface area is 122 Å². The van der Waals surface area contributed by atoms with Crippen molar-refractivity contribution >= 4 is 6.09 Å². The normalized spacial score (nSPS) is 31.0. The SMILES string of the molecule is O=C1O[C@@H]2CN(CCCC(F)(F)F)C[C@@H]2N1C1CCCC1. The molecule has 1 saturated carbocycles. The van der Waals surface area contributed by atoms with Crippen molar-refractivity contribution in [3.8, 4) is 0 Å². The van der Waals surface area contributed by atoms with E-state index in [0.29, 0.717) is 19.6 Å². The highest BCUT2D eigenvalue weighted by Crippen LogP contribution is 2.34. The van der Waals surface area contributed by atoms with Gasteiger partial charge in [0.2, 0.25) is 0 Å². The van der Waals surface area contributed by atoms with Gasteiger partial charge in [-0.2, -0.15) is 13.2 Å². The summed E-state index contributed by atoms with van der Waals surface area (Å²) in [7, 11) is 0. The van der Waals surface area contributed by atoms with E-state index in [2.05, 4.69) is 0 Å². The first-order chi connectivity index (χ1) is 9.94. The molecule has 0 radical (unpaired) electrons. The fourth-order valence-electron chi connectivity index (χ4n) is 3.83. The fraction of sp³-hybridized carbons (Fsp3) is 0.929. The molecular weight excluding hydrogens is 285 g/mol. The van der Waals surface area contributed by atoms with Crippen LogP contribution in [0.3, 0.4) is 0 Å². The number of halogens is 3. The smallest absolute Gasteiger partial charge is 0.410 e. The molecule has 3 fully saturated rings. The molecular formula is C14H21F3N2O2. The zero-order chi connectivity index (χ0) is 15.0. The number of alkyl halides is 3. The Kier molecular flexibility index (Phi) is 4.03. The molecule has 0 bridgehead atoms. The van der Waals surface area contributed by atoms with Gasteiger partial charge in [0.05, 0.1) is 6.04 Å². The predicted octanol–water partition coefficient (Wildman–Crippen LogP) is 2.78. The summed E-state index contributed by atoms with van der Waals surface area (Å²) in [5.41, 5.74) is 0. The van der Waals surface area contributed by atoms with Crippen LogP contribution < -0.4 is 0 Å². The van der Waals surface area contributed by atoms with E-state index >= 15 is 0 Å². The standard InChI is InChI=1S/C14H21F3N2O2/c15-14(16,17)6-3-7-18-8-11-12(9-18)21-13(20)19(11)10-4-1-2-5-10/h10-12H,1-9H2/t11-,12+/m0/s1. The molecule has 0 N–H and O–H groups in total. The average molecular weight is 306 g/mol. The lowest BCUT2D eigenvalue weighted by Gasteiger charge is -2.27. The molecule has 0 aromatic carbocycles. The Balaban J connectivity index is 1.52. The van der Waals surface area contributed by atoms with Crippen LogP contribution in [0.15, 0.2) is 0 Å². The molecule has 2 heterocycles. The molecule has 4 nitrogen and oxygen atoms in total. The number of fused-ring (bicyclic) bond motifs is 1. The van der Waals surface area contributed by atoms with Crippen molar-refractivity contribution in [3.05, 3.63) is 0 Å². The van der Waals surface area contributed by atoms with E-state index in [-0.39, 0.29) is 30.7 Å². The molecule has 1 aliphatic carbocycles. The van der Waals surface area contributed by atoms with Gasteiger partial charge in [-0.15, -0.1) is 0 Å². The number of ether oxygens (including phenoxy) is 1. The zero-order valence-corrected chi connectivity index (χ0v) is 11.9. The summed E-state index contributed by atoms with van der Waals surface area (Å²) in [5, 5.41) is 0. The van der Waals surface area contributed by atoms with Crippen molar-refractivity contribution in [2.75, 3.05) is 19.6 Å². The maximum absolute atomic E-state index is 12.2. The number of carbonyl (C=O) groups is 1. The van der Waals surface area contributed by atoms with Crippen LogP contribution in [0.5, 0.6) is 0 Å². The highest BCUT2D eigenvalue weighted by molar-refractivity contribution is 5.71. The summed E-state index contributed by atoms with van der Waals surface area (Å²) in [4.78, 5) is 15.8. The number of amides is 1. The van der Waals surface area contributed by atoms with Crippen LogP contribution in [0, 0.1) is 0 Å². The minimum absolute atomic E-state index is 0.0338. The quantitative estimate of drug-likeness (QED) is 0.800. The van der Waals surface area contributed by atoms with Crippen molar-refractivity contribution in [2.45, 2.75) is 62.9 Å². The number of rotatable bonds is 4. The fourth-order valence-corrected chi connectivity index (χ4v) is 3.83. The lowest BCUT2D eigenvalue weighted by molar-refractivity contribution is -0.136. The van der Waals surface area contributed by atoms with Crippen LogP contribution in [0.2, 0.25) is 0 Å². The topological polar surface area (TPSA) is 32.8 Å². The number of hydrogen-bond acceptors (Lipinski definition) is 3. The van der Waals surface area contributed by atoms with Crippen LogP contribution in [0.4, 0.5) is 18.0 Å². The van der Waals surface area contributed by atoms with E-state index in [0.717, 1.165) is 25.7 Å². The predicted molar refractivity (Wildman–Crippen MR) is 69.9 cm³/mol. The highest BCUT2D eigenvalue weighted by Gasteiger charge is 2.50. The number of carbonyl (C=O) groups excluding carboxylic acids is 1. The highest BCUT2D eigenvalue weighted by atomic mass is 19.4. The molecule has 1 amide bonds. The minimum atomic E-state index is -4.09. The van der Waals surface area contributed by atoms with Gasteiger partial charge in [0.25, 0.3) is 0 Å². The Morgan fingerprint density at radius 1 is 1.19 bits per heavy atom. The summed E-state index contributed by atoms with van der Waals surface area (Å²) in [6, 6.07) is 0.300. The molecule has 2 aliphatic heterocycles. The van der Waals surface area contributed by atoms with E-state index in [1.165, 1.54) is 0 Å². The molecule has 120 valence electrons. The van der Waals surface area contributed by atoms with Crippen molar-refractivity contribution < 1.29 is 22.7 Å². The van der Waals surface area contributed by atoms with Gasteiger partial charge in [0.1, 0.15) is 6.10 Å². The van der Waals surface area contributed by atoms with Crippen molar-refractivity contribution in [3.63, 3.8) is 0 Å². The van der Waals surface area contributed by atoms with Crippen LogP contribution in [-0.2, 0) is 4.74 Å². The third kappa shape index (κ3) is 3.27. The molecule has 0 aromatic rings. The second kappa shape index (κ2) is 5.66. The third-order valence-electron chi connectivity index (χ3n) is 4.79. The number of likely N-dealkylation sites (tertiary alicyclic amines) is 1. The van der Waals surface area contributed by atoms with Crippen molar-refractivity contribution in [2.24, 2.45) is 0 Å². The molecule has 0 aromatic heterocycles. The second-order valence-electron chi connectivity index (χ2n) is 6.31. The molecule has 3 rings (SSSR count). The molecule has 7 heteroatoms. The molecule has 2 saturated heterocycles. The lowest BCUT2D eigenvalue weighted by atomic mass is 10.1. The van der Waals surface area contributed by atoms with E-state index in [1.807, 2.05) is 9.80 Å². The summed E-state index contributed by atoms with van der Waals surface area (Å²) >= 11 is 0. The maximum Gasteiger partial charge on any atom is 0.410 e. The van der Waals surface area contributed by atoms with Gasteiger partial charge in [0.15, 0.2) is 0 Å². The monoisotopic (exact) mass is 306 g/mol. The summed E-state index contributed by atoms with van der Waals surface area (Å²) in [5.74, 6) is 0. The summed E-state index contributed by atoms with van der Waals surface area (Å²) in [6.45, 7) is 1.63. The summed E-state index contributed by atoms with van der Waals surface area (Å²) < 4.78 is 42.0. The van der Waals surface area contributed by atoms with Gasteiger partial charge < -0.3 is 4.74 Å². The Hall–Kier alpha value is -0.980. The van der Waals surface area contributed by atoms with E-state index < -0.39 is 12.6 Å². The lowest BCUT2D eigenvalue weighted by Crippen LogP contribution is -2.43. The van der Waals surface area contributed by atoms with Gasteiger partial charge in [-0.05, 0) is 25.8 Å². The average Bonchev–Trinajstić information content (AvgIpc) is 3.03. The second-order valence-corrected chi connectivity index (χ2v) is 6.31. The van der Waals surface area contributed by atoms with E-state index in [1.54, 1.807) is 0 Å². The van der Waals surface area contributed by atoms with Crippen LogP contribution in [-0.4, -0.2) is 59.9 Å². The van der Waals surface area contributed by atoms with Crippen LogP contribution in [0.25, 0.3) is 0 Å². The Bertz CT molecular complexity index is 396. The van der Waals surface area contributed by atoms with Gasteiger partial charge in [0, 0.05) is 25.6 Å². The van der Waals surface area contributed by atoms with Gasteiger partial charge >= 0.3 is 12.3 Å². The van der Waals surface area contributed by atoms with Crippen molar-refractivity contribution in [1.82, 2.24) is 9.80 Å². The molecule has 21 heavy (non-hydrogen) atoms. The first-order valence-electron chi connectivity index (χ1n) is 7.72. The van der Waals surface area contributed by atoms with Gasteiger partial charge in [-0.3, -0.25) is 9.80 Å². The molecule has 3 aliphatic rings. The van der Waals surface area contributed by atoms with E-state index in [4.69, 9.17) is 4.74 Å². The van der Waals surface area contributed by atoms with Crippen LogP contribution in [0.1, 0.15) is 38.5 Å². The molecule has 2 atom stereocenters. The van der Waals surface area contributed by atoms with Gasteiger partial charge in [-0.1, -0.05) is 12.8 Å². The maximum atomic E-state index is 12.2. The summed E-state index contributed by atoms with van der Waals surface area (Å²) in [6.07, 6.45) is -0.791. The van der Waals surface area contributed by atoms with Crippen molar-refractivity contribution in [1.29, 1.82) is 0 Å². The van der Waals surface area contributed by atoms with E-state index in [9.17, 15) is 18.0 Å². The first-order valence-corrected chi connectivity index (χ1v) is 7.72. The Morgan fingerprint density at radius 3 is 2.57 bits per heavy atom. The number of nitrogens with zero attached hydrogens (tertiary/aromatic N) is 2. The minimum Gasteiger partial charge on any atom is -0.442 e. The third-order valence-corrected chi connectivity index (χ3v) is 4.79. The van der Waals surface area contributed by atoms with Gasteiger partial charge in [-0.25, -0.2) is 4.79 Å².